The second kappa shape index (κ2) is 9.35. The van der Waals surface area contributed by atoms with Crippen molar-refractivity contribution < 1.29 is 27.8 Å². The fourth-order valence-corrected chi connectivity index (χ4v) is 4.15. The number of nitrogens with zero attached hydrogens (tertiary/aromatic N) is 2. The summed E-state index contributed by atoms with van der Waals surface area (Å²) in [6, 6.07) is 12.0. The fourth-order valence-electron chi connectivity index (χ4n) is 3.47. The summed E-state index contributed by atoms with van der Waals surface area (Å²) in [5.74, 6) is -5.19. The number of halogens is 3. The largest absolute Gasteiger partial charge is 0.466 e. The second-order valence-corrected chi connectivity index (χ2v) is 7.61. The Hall–Kier alpha value is -3.46. The van der Waals surface area contributed by atoms with Gasteiger partial charge in [-0.15, -0.1) is 0 Å². The van der Waals surface area contributed by atoms with E-state index in [1.54, 1.807) is 52.9 Å². The Labute approximate surface area is 195 Å². The number of rotatable bonds is 4. The molecule has 0 radical (unpaired) electrons. The van der Waals surface area contributed by atoms with Gasteiger partial charge in [-0.2, -0.15) is 5.26 Å². The van der Waals surface area contributed by atoms with Crippen LogP contribution in [0.2, 0.25) is 0 Å². The predicted molar refractivity (Wildman–Crippen MR) is 119 cm³/mol. The van der Waals surface area contributed by atoms with Crippen molar-refractivity contribution in [3.8, 4) is 6.07 Å². The molecule has 2 aromatic carbocycles. The Morgan fingerprint density at radius 3 is 2.22 bits per heavy atom. The van der Waals surface area contributed by atoms with E-state index >= 15 is 0 Å². The van der Waals surface area contributed by atoms with Gasteiger partial charge in [-0.25, -0.2) is 18.4 Å². The summed E-state index contributed by atoms with van der Waals surface area (Å²) in [5.41, 5.74) is 5.36. The molecule has 1 atom stereocenters. The molecule has 0 bridgehead atoms. The smallest absolute Gasteiger partial charge is 0.355 e. The van der Waals surface area contributed by atoms with Gasteiger partial charge in [0, 0.05) is 0 Å². The van der Waals surface area contributed by atoms with Crippen molar-refractivity contribution in [1.29, 1.82) is 5.26 Å². The van der Waals surface area contributed by atoms with E-state index in [0.29, 0.717) is 5.56 Å². The van der Waals surface area contributed by atoms with E-state index in [1.807, 2.05) is 6.07 Å². The van der Waals surface area contributed by atoms with E-state index in [1.165, 1.54) is 0 Å². The molecule has 0 amide bonds. The highest BCUT2D eigenvalue weighted by atomic mass is 127. The van der Waals surface area contributed by atoms with Crippen molar-refractivity contribution in [2.24, 2.45) is 5.73 Å². The molecule has 164 valence electrons. The number of hydrogen-bond acceptors (Lipinski definition) is 7. The standard InChI is InChI=1S/C22H16F2IN3O4/c1-31-21(29)16-15(11-6-4-3-5-7-11)12(10-26)20(27)28(19(16)22(30)32-2)18-14(24)9-8-13(23)17(18)25/h3-9,15H,27H2,1-2H3. The number of allylic oxidation sites excluding steroid dienone is 1. The average molecular weight is 551 g/mol. The van der Waals surface area contributed by atoms with Crippen molar-refractivity contribution in [2.45, 2.75) is 5.92 Å². The lowest BCUT2D eigenvalue weighted by Gasteiger charge is -2.36. The maximum absolute atomic E-state index is 14.9. The highest BCUT2D eigenvalue weighted by Crippen LogP contribution is 2.44. The molecule has 1 unspecified atom stereocenters. The molecule has 0 aliphatic carbocycles. The molecule has 2 aromatic rings. The Kier molecular flexibility index (Phi) is 6.78. The predicted octanol–water partition coefficient (Wildman–Crippen LogP) is 3.47. The minimum absolute atomic E-state index is 0.149. The Balaban J connectivity index is 2.49. The monoisotopic (exact) mass is 551 g/mol. The zero-order valence-corrected chi connectivity index (χ0v) is 19.0. The van der Waals surface area contributed by atoms with Gasteiger partial charge in [0.25, 0.3) is 0 Å². The highest BCUT2D eigenvalue weighted by molar-refractivity contribution is 14.1. The maximum atomic E-state index is 14.9. The summed E-state index contributed by atoms with van der Waals surface area (Å²) in [7, 11) is 2.16. The molecule has 0 aromatic heterocycles. The Morgan fingerprint density at radius 2 is 1.66 bits per heavy atom. The molecule has 0 saturated carbocycles. The lowest BCUT2D eigenvalue weighted by Crippen LogP contribution is -2.41. The number of nitriles is 1. The summed E-state index contributed by atoms with van der Waals surface area (Å²) >= 11 is 1.55. The number of esters is 2. The number of carbonyl (C=O) groups is 2. The number of nitrogens with two attached hydrogens (primary N) is 1. The number of benzene rings is 2. The first kappa shape index (κ1) is 23.2. The van der Waals surface area contributed by atoms with Gasteiger partial charge in [-0.05, 0) is 40.3 Å². The van der Waals surface area contributed by atoms with Crippen LogP contribution < -0.4 is 10.6 Å². The third-order valence-corrected chi connectivity index (χ3v) is 5.88. The first-order chi connectivity index (χ1) is 15.3. The first-order valence-corrected chi connectivity index (χ1v) is 10.1. The van der Waals surface area contributed by atoms with Crippen LogP contribution in [0, 0.1) is 26.5 Å². The van der Waals surface area contributed by atoms with E-state index in [4.69, 9.17) is 15.2 Å². The van der Waals surface area contributed by atoms with Crippen LogP contribution in [0.5, 0.6) is 0 Å². The second-order valence-electron chi connectivity index (χ2n) is 6.53. The molecule has 0 saturated heterocycles. The van der Waals surface area contributed by atoms with Gasteiger partial charge in [-0.1, -0.05) is 30.3 Å². The molecular formula is C22H16F2IN3O4. The quantitative estimate of drug-likeness (QED) is 0.353. The first-order valence-electron chi connectivity index (χ1n) is 9.07. The molecule has 1 heterocycles. The van der Waals surface area contributed by atoms with E-state index in [0.717, 1.165) is 31.3 Å². The normalized spacial score (nSPS) is 16.0. The van der Waals surface area contributed by atoms with Crippen LogP contribution in [0.1, 0.15) is 11.5 Å². The minimum Gasteiger partial charge on any atom is -0.466 e. The Morgan fingerprint density at radius 1 is 1.06 bits per heavy atom. The zero-order valence-electron chi connectivity index (χ0n) is 16.9. The molecule has 3 rings (SSSR count). The van der Waals surface area contributed by atoms with Crippen molar-refractivity contribution in [1.82, 2.24) is 0 Å². The van der Waals surface area contributed by atoms with Gasteiger partial charge in [-0.3, -0.25) is 4.90 Å². The van der Waals surface area contributed by atoms with Crippen LogP contribution in [0.4, 0.5) is 14.5 Å². The molecule has 7 nitrogen and oxygen atoms in total. The number of hydrogen-bond donors (Lipinski definition) is 1. The third kappa shape index (κ3) is 3.80. The van der Waals surface area contributed by atoms with E-state index in [2.05, 4.69) is 0 Å². The van der Waals surface area contributed by atoms with Crippen LogP contribution >= 0.6 is 22.6 Å². The molecule has 0 fully saturated rings. The van der Waals surface area contributed by atoms with E-state index in [9.17, 15) is 23.6 Å². The van der Waals surface area contributed by atoms with Crippen LogP contribution in [-0.2, 0) is 19.1 Å². The SMILES string of the molecule is COC(=O)C1=C(C(=O)OC)N(c2c(F)ccc(F)c2I)C(N)=C(C#N)C1c1ccccc1. The summed E-state index contributed by atoms with van der Waals surface area (Å²) in [6.07, 6.45) is 0. The molecule has 32 heavy (non-hydrogen) atoms. The van der Waals surface area contributed by atoms with Gasteiger partial charge < -0.3 is 15.2 Å². The van der Waals surface area contributed by atoms with E-state index in [-0.39, 0.29) is 20.5 Å². The van der Waals surface area contributed by atoms with Gasteiger partial charge in [0.05, 0.1) is 46.6 Å². The maximum Gasteiger partial charge on any atom is 0.355 e. The fraction of sp³-hybridized carbons (Fsp3) is 0.136. The van der Waals surface area contributed by atoms with Crippen molar-refractivity contribution in [3.63, 3.8) is 0 Å². The lowest BCUT2D eigenvalue weighted by atomic mass is 9.81. The molecule has 0 spiro atoms. The van der Waals surface area contributed by atoms with Crippen LogP contribution in [0.3, 0.4) is 0 Å². The molecule has 1 aliphatic rings. The van der Waals surface area contributed by atoms with Gasteiger partial charge in [0.1, 0.15) is 23.2 Å². The zero-order chi connectivity index (χ0) is 23.6. The topological polar surface area (TPSA) is 106 Å². The lowest BCUT2D eigenvalue weighted by molar-refractivity contribution is -0.139. The van der Waals surface area contributed by atoms with Crippen LogP contribution in [0.25, 0.3) is 0 Å². The van der Waals surface area contributed by atoms with Gasteiger partial charge in [0.15, 0.2) is 0 Å². The summed E-state index contributed by atoms with van der Waals surface area (Å²) in [6.45, 7) is 0. The van der Waals surface area contributed by atoms with Crippen molar-refractivity contribution >= 4 is 40.2 Å². The summed E-state index contributed by atoms with van der Waals surface area (Å²) in [4.78, 5) is 26.6. The number of ether oxygens (including phenoxy) is 2. The van der Waals surface area contributed by atoms with Crippen molar-refractivity contribution in [3.05, 3.63) is 85.9 Å². The summed E-state index contributed by atoms with van der Waals surface area (Å²) < 4.78 is 38.8. The van der Waals surface area contributed by atoms with Crippen LogP contribution in [0.15, 0.2) is 65.1 Å². The van der Waals surface area contributed by atoms with Gasteiger partial charge >= 0.3 is 11.9 Å². The molecular weight excluding hydrogens is 535 g/mol. The minimum atomic E-state index is -1.10. The number of carbonyl (C=O) groups excluding carboxylic acids is 2. The third-order valence-electron chi connectivity index (χ3n) is 4.85. The van der Waals surface area contributed by atoms with Gasteiger partial charge in [0.2, 0.25) is 0 Å². The number of methoxy groups -OCH3 is 2. The highest BCUT2D eigenvalue weighted by Gasteiger charge is 2.44. The van der Waals surface area contributed by atoms with E-state index < -0.39 is 40.9 Å². The van der Waals surface area contributed by atoms with Crippen LogP contribution in [-0.4, -0.2) is 26.2 Å². The molecule has 2 N–H and O–H groups in total. The summed E-state index contributed by atoms with van der Waals surface area (Å²) in [5, 5.41) is 9.93. The van der Waals surface area contributed by atoms with Crippen molar-refractivity contribution in [2.75, 3.05) is 19.1 Å². The molecule has 10 heteroatoms. The number of anilines is 1. The Bertz CT molecular complexity index is 1210. The molecule has 1 aliphatic heterocycles. The average Bonchev–Trinajstić information content (AvgIpc) is 2.81.